The fourth-order valence-electron chi connectivity index (χ4n) is 0.777. The van der Waals surface area contributed by atoms with Crippen molar-refractivity contribution in [1.29, 1.82) is 0 Å². The third kappa shape index (κ3) is 2.24. The van der Waals surface area contributed by atoms with Crippen molar-refractivity contribution in [2.24, 2.45) is 0 Å². The van der Waals surface area contributed by atoms with Crippen LogP contribution in [0.15, 0.2) is 30.3 Å². The maximum absolute atomic E-state index is 9.20. The van der Waals surface area contributed by atoms with E-state index in [4.69, 9.17) is 0 Å². The van der Waals surface area contributed by atoms with Crippen LogP contribution >= 0.6 is 7.28 Å². The second-order valence-corrected chi connectivity index (χ2v) is 6.03. The van der Waals surface area contributed by atoms with Gasteiger partial charge in [0, 0.05) is 0 Å². The predicted octanol–water partition coefficient (Wildman–Crippen LogP) is 0.217. The summed E-state index contributed by atoms with van der Waals surface area (Å²) in [6, 6.07) is 7.99. The minimum absolute atomic E-state index is 0.179. The van der Waals surface area contributed by atoms with E-state index in [0.29, 0.717) is 0 Å². The molecule has 0 saturated heterocycles. The molecule has 0 spiro atoms. The van der Waals surface area contributed by atoms with Gasteiger partial charge in [0.2, 0.25) is 0 Å². The van der Waals surface area contributed by atoms with Crippen LogP contribution < -0.4 is 5.30 Å². The van der Waals surface area contributed by atoms with Crippen LogP contribution in [0, 0.1) is 0 Å². The van der Waals surface area contributed by atoms with E-state index in [0.717, 1.165) is 6.66 Å². The summed E-state index contributed by atoms with van der Waals surface area (Å²) >= 11 is 0. The SMILES string of the molecule is CP(O)(O)(O)c1ccccc1. The summed E-state index contributed by atoms with van der Waals surface area (Å²) in [7, 11) is -4.49. The Morgan fingerprint density at radius 2 is 1.45 bits per heavy atom. The van der Waals surface area contributed by atoms with Gasteiger partial charge in [-0.2, -0.15) is 0 Å². The summed E-state index contributed by atoms with van der Waals surface area (Å²) in [5.41, 5.74) is 0. The number of benzene rings is 1. The molecule has 0 aliphatic carbocycles. The van der Waals surface area contributed by atoms with Crippen LogP contribution in [-0.4, -0.2) is 21.3 Å². The Morgan fingerprint density at radius 3 is 1.73 bits per heavy atom. The zero-order valence-corrected chi connectivity index (χ0v) is 7.07. The third-order valence-electron chi connectivity index (χ3n) is 1.36. The van der Waals surface area contributed by atoms with Gasteiger partial charge in [0.05, 0.1) is 0 Å². The second-order valence-electron chi connectivity index (χ2n) is 2.73. The molecule has 3 N–H and O–H groups in total. The molecule has 0 saturated carbocycles. The molecule has 0 heterocycles. The molecule has 3 nitrogen and oxygen atoms in total. The van der Waals surface area contributed by atoms with E-state index in [1.165, 1.54) is 12.1 Å². The fourth-order valence-corrected chi connectivity index (χ4v) is 1.65. The van der Waals surface area contributed by atoms with Crippen molar-refractivity contribution in [3.63, 3.8) is 0 Å². The summed E-state index contributed by atoms with van der Waals surface area (Å²) in [5.74, 6) is 0. The standard InChI is InChI=1S/C7H11O3P/c1-11(8,9,10)7-5-3-2-4-6-7/h2-6,8-10H,1H3. The van der Waals surface area contributed by atoms with Crippen molar-refractivity contribution < 1.29 is 14.7 Å². The Morgan fingerprint density at radius 1 is 1.00 bits per heavy atom. The zero-order chi connectivity index (χ0) is 8.56. The minimum atomic E-state index is -4.49. The molecule has 0 fully saturated rings. The molecule has 11 heavy (non-hydrogen) atoms. The van der Waals surface area contributed by atoms with Crippen molar-refractivity contribution in [3.05, 3.63) is 30.3 Å². The molecule has 1 aromatic carbocycles. The van der Waals surface area contributed by atoms with Crippen LogP contribution in [0.4, 0.5) is 0 Å². The van der Waals surface area contributed by atoms with Gasteiger partial charge in [0.25, 0.3) is 0 Å². The first kappa shape index (κ1) is 8.62. The molecule has 62 valence electrons. The first-order chi connectivity index (χ1) is 4.86. The molecule has 0 radical (unpaired) electrons. The van der Waals surface area contributed by atoms with Crippen LogP contribution in [0.1, 0.15) is 0 Å². The van der Waals surface area contributed by atoms with Crippen molar-refractivity contribution in [2.45, 2.75) is 0 Å². The van der Waals surface area contributed by atoms with Crippen molar-refractivity contribution in [3.8, 4) is 0 Å². The molecule has 1 rings (SSSR count). The normalized spacial score (nSPS) is 15.5. The molecule has 0 amide bonds. The average molecular weight is 174 g/mol. The fraction of sp³-hybridized carbons (Fsp3) is 0.143. The van der Waals surface area contributed by atoms with Crippen LogP contribution in [0.3, 0.4) is 0 Å². The van der Waals surface area contributed by atoms with E-state index in [2.05, 4.69) is 0 Å². The van der Waals surface area contributed by atoms with E-state index in [-0.39, 0.29) is 5.30 Å². The Balaban J connectivity index is 3.14. The van der Waals surface area contributed by atoms with Gasteiger partial charge in [-0.3, -0.25) is 0 Å². The predicted molar refractivity (Wildman–Crippen MR) is 45.6 cm³/mol. The first-order valence-electron chi connectivity index (χ1n) is 3.18. The second kappa shape index (κ2) is 2.26. The van der Waals surface area contributed by atoms with Gasteiger partial charge >= 0.3 is 64.3 Å². The topological polar surface area (TPSA) is 60.7 Å². The van der Waals surface area contributed by atoms with E-state index >= 15 is 0 Å². The molecular weight excluding hydrogens is 163 g/mol. The molecule has 0 aliphatic rings. The molecule has 0 atom stereocenters. The van der Waals surface area contributed by atoms with Crippen LogP contribution in [0.25, 0.3) is 0 Å². The molecular formula is C7H11O3P. The first-order valence-corrected chi connectivity index (χ1v) is 5.72. The summed E-state index contributed by atoms with van der Waals surface area (Å²) in [6.07, 6.45) is 0. The molecule has 0 aromatic heterocycles. The summed E-state index contributed by atoms with van der Waals surface area (Å²) in [4.78, 5) is 27.6. The Bertz CT molecular complexity index is 240. The van der Waals surface area contributed by atoms with Crippen molar-refractivity contribution in [1.82, 2.24) is 0 Å². The van der Waals surface area contributed by atoms with Crippen molar-refractivity contribution in [2.75, 3.05) is 6.66 Å². The Labute approximate surface area is 65.1 Å². The summed E-state index contributed by atoms with van der Waals surface area (Å²) in [6.45, 7) is 1.04. The summed E-state index contributed by atoms with van der Waals surface area (Å²) in [5, 5.41) is 0.179. The number of hydrogen-bond acceptors (Lipinski definition) is 3. The van der Waals surface area contributed by atoms with Gasteiger partial charge in [0.15, 0.2) is 0 Å². The monoisotopic (exact) mass is 174 g/mol. The molecule has 0 aliphatic heterocycles. The Hall–Kier alpha value is -0.470. The zero-order valence-electron chi connectivity index (χ0n) is 6.18. The van der Waals surface area contributed by atoms with Crippen LogP contribution in [0.5, 0.6) is 0 Å². The van der Waals surface area contributed by atoms with Gasteiger partial charge < -0.3 is 0 Å². The van der Waals surface area contributed by atoms with Gasteiger partial charge in [-0.15, -0.1) is 0 Å². The molecule has 1 aromatic rings. The van der Waals surface area contributed by atoms with E-state index in [1.807, 2.05) is 0 Å². The maximum atomic E-state index is 9.20. The number of hydrogen-bond donors (Lipinski definition) is 3. The Kier molecular flexibility index (Phi) is 1.77. The third-order valence-corrected chi connectivity index (χ3v) is 2.87. The molecule has 0 bridgehead atoms. The van der Waals surface area contributed by atoms with Crippen LogP contribution in [0.2, 0.25) is 0 Å². The molecule has 4 heteroatoms. The van der Waals surface area contributed by atoms with Crippen molar-refractivity contribution >= 4 is 12.6 Å². The van der Waals surface area contributed by atoms with Gasteiger partial charge in [-0.1, -0.05) is 0 Å². The van der Waals surface area contributed by atoms with Gasteiger partial charge in [0.1, 0.15) is 0 Å². The quantitative estimate of drug-likeness (QED) is 0.533. The number of rotatable bonds is 1. The van der Waals surface area contributed by atoms with E-state index in [9.17, 15) is 14.7 Å². The molecule has 0 unspecified atom stereocenters. The van der Waals surface area contributed by atoms with E-state index < -0.39 is 7.28 Å². The average Bonchev–Trinajstić information content (AvgIpc) is 1.86. The summed E-state index contributed by atoms with van der Waals surface area (Å²) < 4.78 is 0. The van der Waals surface area contributed by atoms with Gasteiger partial charge in [-0.05, 0) is 0 Å². The van der Waals surface area contributed by atoms with Gasteiger partial charge in [-0.25, -0.2) is 0 Å². The van der Waals surface area contributed by atoms with E-state index in [1.54, 1.807) is 18.2 Å². The van der Waals surface area contributed by atoms with Crippen LogP contribution in [-0.2, 0) is 0 Å².